The van der Waals surface area contributed by atoms with Crippen molar-refractivity contribution >= 4 is 48.8 Å². The highest BCUT2D eigenvalue weighted by atomic mass is 79.9. The average molecular weight is 601 g/mol. The summed E-state index contributed by atoms with van der Waals surface area (Å²) in [4.78, 5) is 22.5. The van der Waals surface area contributed by atoms with Gasteiger partial charge in [-0.05, 0) is 49.5 Å². The maximum absolute atomic E-state index is 13.4. The third kappa shape index (κ3) is 5.09. The van der Waals surface area contributed by atoms with Gasteiger partial charge in [-0.3, -0.25) is 8.39 Å². The van der Waals surface area contributed by atoms with E-state index in [0.29, 0.717) is 19.8 Å². The molecule has 4 aromatic rings. The first-order valence-corrected chi connectivity index (χ1v) is 13.0. The van der Waals surface area contributed by atoms with E-state index >= 15 is 0 Å². The van der Waals surface area contributed by atoms with Gasteiger partial charge in [-0.15, -0.1) is 0 Å². The molecule has 3 aromatic heterocycles. The lowest BCUT2D eigenvalue weighted by Crippen LogP contribution is -2.36. The summed E-state index contributed by atoms with van der Waals surface area (Å²) in [6.45, 7) is 3.83. The molecule has 1 saturated heterocycles. The molecule has 1 atom stereocenters. The highest BCUT2D eigenvalue weighted by Gasteiger charge is 2.19. The zero-order valence-electron chi connectivity index (χ0n) is 19.7. The van der Waals surface area contributed by atoms with Crippen molar-refractivity contribution in [3.63, 3.8) is 0 Å². The highest BCUT2D eigenvalue weighted by molar-refractivity contribution is 9.10. The number of ether oxygens (including phenoxy) is 1. The van der Waals surface area contributed by atoms with Crippen LogP contribution in [0.4, 0.5) is 5.69 Å². The number of halogens is 2. The number of morpholine rings is 1. The summed E-state index contributed by atoms with van der Waals surface area (Å²) in [5.74, 6) is 0. The van der Waals surface area contributed by atoms with Gasteiger partial charge in [0.05, 0.1) is 47.3 Å². The van der Waals surface area contributed by atoms with Crippen molar-refractivity contribution in [1.29, 1.82) is 0 Å². The second-order valence-corrected chi connectivity index (χ2v) is 10.7. The molecule has 4 heterocycles. The van der Waals surface area contributed by atoms with Gasteiger partial charge in [-0.1, -0.05) is 28.1 Å². The summed E-state index contributed by atoms with van der Waals surface area (Å²) < 4.78 is 10.1. The maximum atomic E-state index is 13.4. The number of hydrogen-bond donors (Lipinski definition) is 0. The summed E-state index contributed by atoms with van der Waals surface area (Å²) in [6, 6.07) is 13.9. The van der Waals surface area contributed by atoms with Crippen LogP contribution in [0.3, 0.4) is 0 Å². The Hall–Kier alpha value is -2.46. The quantitative estimate of drug-likeness (QED) is 0.319. The van der Waals surface area contributed by atoms with Crippen LogP contribution in [0.2, 0.25) is 0 Å². The number of likely N-dealkylation sites (N-methyl/N-ethyl adjacent to an activating group) is 1. The molecule has 0 bridgehead atoms. The van der Waals surface area contributed by atoms with E-state index in [2.05, 4.69) is 60.1 Å². The molecular weight excluding hydrogens is 574 g/mol. The highest BCUT2D eigenvalue weighted by Crippen LogP contribution is 2.33. The molecule has 0 amide bonds. The van der Waals surface area contributed by atoms with Crippen molar-refractivity contribution in [2.75, 3.05) is 51.8 Å². The molecule has 1 aliphatic heterocycles. The minimum absolute atomic E-state index is 0.0397. The van der Waals surface area contributed by atoms with Gasteiger partial charge in [0, 0.05) is 53.5 Å². The van der Waals surface area contributed by atoms with E-state index in [4.69, 9.17) is 9.72 Å². The number of aromatic nitrogens is 3. The predicted octanol–water partition coefficient (Wildman–Crippen LogP) is 4.77. The molecule has 182 valence electrons. The molecule has 1 aliphatic rings. The standard InChI is InChI=1S/C26H27Br2N5O2/c1-30(2)17-24(19-4-3-5-20(27)12-19)32-7-6-18(13-25(32)34)23-16-33(28)26-22(23)14-21(15-29-26)31-8-10-35-11-9-31/h3-7,12-16,24H,8-11,17H2,1-2H3. The molecule has 0 N–H and O–H groups in total. The van der Waals surface area contributed by atoms with Crippen molar-refractivity contribution < 1.29 is 4.74 Å². The molecule has 7 nitrogen and oxygen atoms in total. The summed E-state index contributed by atoms with van der Waals surface area (Å²) in [5.41, 5.74) is 4.76. The second-order valence-electron chi connectivity index (χ2n) is 9.01. The first-order chi connectivity index (χ1) is 16.9. The van der Waals surface area contributed by atoms with Crippen LogP contribution in [0, 0.1) is 0 Å². The van der Waals surface area contributed by atoms with Gasteiger partial charge in [0.2, 0.25) is 0 Å². The summed E-state index contributed by atoms with van der Waals surface area (Å²) >= 11 is 7.15. The fourth-order valence-electron chi connectivity index (χ4n) is 4.61. The van der Waals surface area contributed by atoms with Gasteiger partial charge in [0.25, 0.3) is 5.56 Å². The van der Waals surface area contributed by atoms with Gasteiger partial charge in [0.15, 0.2) is 5.65 Å². The molecule has 1 fully saturated rings. The Labute approximate surface area is 221 Å². The third-order valence-corrected chi connectivity index (χ3v) is 7.36. The van der Waals surface area contributed by atoms with Crippen molar-refractivity contribution in [1.82, 2.24) is 18.0 Å². The zero-order chi connectivity index (χ0) is 24.5. The van der Waals surface area contributed by atoms with Crippen LogP contribution >= 0.6 is 32.1 Å². The Bertz CT molecular complexity index is 1410. The second kappa shape index (κ2) is 10.3. The summed E-state index contributed by atoms with van der Waals surface area (Å²) in [5, 5.41) is 1.000. The van der Waals surface area contributed by atoms with Crippen LogP contribution in [0.25, 0.3) is 22.2 Å². The fraction of sp³-hybridized carbons (Fsp3) is 0.308. The molecule has 9 heteroatoms. The Morgan fingerprint density at radius 1 is 1.14 bits per heavy atom. The van der Waals surface area contributed by atoms with Gasteiger partial charge in [0.1, 0.15) is 0 Å². The molecule has 0 radical (unpaired) electrons. The number of rotatable bonds is 6. The predicted molar refractivity (Wildman–Crippen MR) is 148 cm³/mol. The third-order valence-electron chi connectivity index (χ3n) is 6.33. The number of nitrogens with zero attached hydrogens (tertiary/aromatic N) is 5. The van der Waals surface area contributed by atoms with Gasteiger partial charge < -0.3 is 19.1 Å². The molecular formula is C26H27Br2N5O2. The van der Waals surface area contributed by atoms with Gasteiger partial charge in [-0.2, -0.15) is 0 Å². The molecule has 35 heavy (non-hydrogen) atoms. The van der Waals surface area contributed by atoms with Crippen LogP contribution in [-0.2, 0) is 4.74 Å². The molecule has 0 spiro atoms. The van der Waals surface area contributed by atoms with E-state index in [0.717, 1.165) is 51.0 Å². The van der Waals surface area contributed by atoms with Crippen molar-refractivity contribution in [3.8, 4) is 11.1 Å². The van der Waals surface area contributed by atoms with Gasteiger partial charge in [-0.25, -0.2) is 4.98 Å². The van der Waals surface area contributed by atoms with Crippen LogP contribution in [0.1, 0.15) is 11.6 Å². The Morgan fingerprint density at radius 3 is 2.66 bits per heavy atom. The van der Waals surface area contributed by atoms with E-state index in [1.165, 1.54) is 0 Å². The summed E-state index contributed by atoms with van der Waals surface area (Å²) in [7, 11) is 4.04. The largest absolute Gasteiger partial charge is 0.378 e. The minimum Gasteiger partial charge on any atom is -0.378 e. The lowest BCUT2D eigenvalue weighted by molar-refractivity contribution is 0.122. The zero-order valence-corrected chi connectivity index (χ0v) is 22.9. The van der Waals surface area contributed by atoms with Crippen molar-refractivity contribution in [2.45, 2.75) is 6.04 Å². The van der Waals surface area contributed by atoms with Crippen LogP contribution in [0.15, 0.2) is 70.3 Å². The SMILES string of the molecule is CN(C)CC(c1cccc(Br)c1)n1ccc(-c2cn(Br)c3ncc(N4CCOCC4)cc23)cc1=O. The van der Waals surface area contributed by atoms with Crippen molar-refractivity contribution in [2.24, 2.45) is 0 Å². The maximum Gasteiger partial charge on any atom is 0.251 e. The molecule has 0 aliphatic carbocycles. The lowest BCUT2D eigenvalue weighted by Gasteiger charge is -2.28. The molecule has 1 aromatic carbocycles. The lowest BCUT2D eigenvalue weighted by atomic mass is 10.0. The van der Waals surface area contributed by atoms with Crippen LogP contribution < -0.4 is 10.5 Å². The molecule has 0 saturated carbocycles. The van der Waals surface area contributed by atoms with E-state index in [-0.39, 0.29) is 11.6 Å². The topological polar surface area (TPSA) is 55.5 Å². The number of hydrogen-bond acceptors (Lipinski definition) is 5. The normalized spacial score (nSPS) is 15.2. The monoisotopic (exact) mass is 599 g/mol. The fourth-order valence-corrected chi connectivity index (χ4v) is 5.52. The Kier molecular flexibility index (Phi) is 7.11. The first-order valence-electron chi connectivity index (χ1n) is 11.5. The van der Waals surface area contributed by atoms with E-state index in [1.807, 2.05) is 59.0 Å². The Morgan fingerprint density at radius 2 is 1.94 bits per heavy atom. The van der Waals surface area contributed by atoms with Crippen LogP contribution in [-0.4, -0.2) is 65.0 Å². The number of fused-ring (bicyclic) bond motifs is 1. The van der Waals surface area contributed by atoms with E-state index in [1.54, 1.807) is 6.07 Å². The number of pyridine rings is 2. The van der Waals surface area contributed by atoms with Crippen molar-refractivity contribution in [3.05, 3.63) is 81.4 Å². The Balaban J connectivity index is 1.55. The van der Waals surface area contributed by atoms with E-state index < -0.39 is 0 Å². The number of benzene rings is 1. The number of anilines is 1. The average Bonchev–Trinajstić information content (AvgIpc) is 3.19. The molecule has 5 rings (SSSR count). The first kappa shape index (κ1) is 24.2. The summed E-state index contributed by atoms with van der Waals surface area (Å²) in [6.07, 6.45) is 5.78. The minimum atomic E-state index is -0.101. The van der Waals surface area contributed by atoms with Crippen LogP contribution in [0.5, 0.6) is 0 Å². The van der Waals surface area contributed by atoms with Gasteiger partial charge >= 0.3 is 0 Å². The van der Waals surface area contributed by atoms with E-state index in [9.17, 15) is 4.79 Å². The molecule has 1 unspecified atom stereocenters. The smallest absolute Gasteiger partial charge is 0.251 e.